The minimum absolute atomic E-state index is 0.114. The van der Waals surface area contributed by atoms with E-state index < -0.39 is 17.3 Å². The van der Waals surface area contributed by atoms with Gasteiger partial charge in [0.2, 0.25) is 0 Å². The fourth-order valence-corrected chi connectivity index (χ4v) is 4.62. The Kier molecular flexibility index (Phi) is 5.02. The van der Waals surface area contributed by atoms with Crippen molar-refractivity contribution in [2.45, 2.75) is 31.4 Å². The molecule has 1 aliphatic rings. The molecule has 8 nitrogen and oxygen atoms in total. The predicted molar refractivity (Wildman–Crippen MR) is 127 cm³/mol. The number of nitrogens with zero attached hydrogens (tertiary/aromatic N) is 3. The van der Waals surface area contributed by atoms with Crippen molar-refractivity contribution in [3.63, 3.8) is 0 Å². The fraction of sp³-hybridized carbons (Fsp3) is 0.240. The molecule has 1 aliphatic carbocycles. The Labute approximate surface area is 195 Å². The largest absolute Gasteiger partial charge is 0.496 e. The van der Waals surface area contributed by atoms with Crippen LogP contribution in [0.15, 0.2) is 48.5 Å². The Balaban J connectivity index is 1.66. The van der Waals surface area contributed by atoms with Crippen molar-refractivity contribution in [1.29, 1.82) is 0 Å². The maximum atomic E-state index is 14.4. The van der Waals surface area contributed by atoms with E-state index in [1.165, 1.54) is 13.2 Å². The first-order chi connectivity index (χ1) is 16.2. The number of carbonyl (C=O) groups excluding carboxylic acids is 1. The number of nitrogens with two attached hydrogens (primary N) is 2. The Hall–Kier alpha value is -3.98. The van der Waals surface area contributed by atoms with Gasteiger partial charge in [-0.3, -0.25) is 4.79 Å². The number of pyridine rings is 1. The second-order valence-electron chi connectivity index (χ2n) is 8.90. The maximum Gasteiger partial charge on any atom is 0.254 e. The predicted octanol–water partition coefficient (Wildman–Crippen LogP) is 3.68. The summed E-state index contributed by atoms with van der Waals surface area (Å²) in [5.74, 6) is -0.400. The summed E-state index contributed by atoms with van der Waals surface area (Å²) in [6.07, 6.45) is 0.942. The minimum Gasteiger partial charge on any atom is -0.496 e. The van der Waals surface area contributed by atoms with Crippen LogP contribution >= 0.6 is 0 Å². The highest BCUT2D eigenvalue weighted by Gasteiger charge is 2.41. The number of rotatable bonds is 5. The smallest absolute Gasteiger partial charge is 0.254 e. The zero-order valence-electron chi connectivity index (χ0n) is 18.7. The molecule has 0 radical (unpaired) electrons. The van der Waals surface area contributed by atoms with E-state index in [2.05, 4.69) is 10.1 Å². The van der Waals surface area contributed by atoms with Crippen LogP contribution < -0.4 is 16.2 Å². The Morgan fingerprint density at radius 2 is 1.97 bits per heavy atom. The van der Waals surface area contributed by atoms with E-state index in [1.807, 2.05) is 0 Å². The molecule has 34 heavy (non-hydrogen) atoms. The molecule has 2 aromatic carbocycles. The Morgan fingerprint density at radius 3 is 2.62 bits per heavy atom. The standard InChI is InChI=1S/C25H24FN5O3/c1-25(33)11-14(12-25)31-23(27)21(24(28)32)22(30-31)13-7-8-16-18(9-13)29-19(10-20(16)34-2)15-5-3-4-6-17(15)26/h3-10,14,33H,11-12,27H2,1-2H3,(H2,28,32)/t14-,25-. The average molecular weight is 461 g/mol. The number of methoxy groups -OCH3 is 1. The van der Waals surface area contributed by atoms with Gasteiger partial charge >= 0.3 is 0 Å². The molecule has 1 fully saturated rings. The van der Waals surface area contributed by atoms with Crippen molar-refractivity contribution < 1.29 is 19.0 Å². The lowest BCUT2D eigenvalue weighted by Crippen LogP contribution is -2.42. The number of anilines is 1. The highest BCUT2D eigenvalue weighted by molar-refractivity contribution is 6.04. The lowest BCUT2D eigenvalue weighted by molar-refractivity contribution is -0.0535. The molecule has 1 amide bonds. The molecule has 0 unspecified atom stereocenters. The summed E-state index contributed by atoms with van der Waals surface area (Å²) >= 11 is 0. The van der Waals surface area contributed by atoms with Crippen LogP contribution in [0.25, 0.3) is 33.4 Å². The van der Waals surface area contributed by atoms with Crippen LogP contribution in [0.1, 0.15) is 36.2 Å². The molecule has 174 valence electrons. The average Bonchev–Trinajstić information content (AvgIpc) is 3.13. The van der Waals surface area contributed by atoms with E-state index in [0.29, 0.717) is 46.6 Å². The summed E-state index contributed by atoms with van der Waals surface area (Å²) in [7, 11) is 1.54. The molecule has 1 saturated carbocycles. The molecule has 0 atom stereocenters. The SMILES string of the molecule is COc1cc(-c2ccccc2F)nc2cc(-c3nn([C@H]4C[C@](C)(O)C4)c(N)c3C(N)=O)ccc12. The fourth-order valence-electron chi connectivity index (χ4n) is 4.62. The summed E-state index contributed by atoms with van der Waals surface area (Å²) in [4.78, 5) is 16.9. The first-order valence-electron chi connectivity index (χ1n) is 10.8. The van der Waals surface area contributed by atoms with Crippen molar-refractivity contribution in [3.8, 4) is 28.3 Å². The van der Waals surface area contributed by atoms with Crippen molar-refractivity contribution >= 4 is 22.6 Å². The van der Waals surface area contributed by atoms with E-state index in [9.17, 15) is 14.3 Å². The van der Waals surface area contributed by atoms with Crippen LogP contribution in [0.3, 0.4) is 0 Å². The van der Waals surface area contributed by atoms with Crippen molar-refractivity contribution in [3.05, 3.63) is 59.9 Å². The number of carbonyl (C=O) groups is 1. The van der Waals surface area contributed by atoms with Crippen LogP contribution in [0.4, 0.5) is 10.2 Å². The van der Waals surface area contributed by atoms with Gasteiger partial charge in [0.05, 0.1) is 30.0 Å². The molecule has 0 bridgehead atoms. The number of amides is 1. The summed E-state index contributed by atoms with van der Waals surface area (Å²) in [5.41, 5.74) is 13.4. The normalized spacial score (nSPS) is 19.7. The number of hydrogen-bond acceptors (Lipinski definition) is 6. The maximum absolute atomic E-state index is 14.4. The van der Waals surface area contributed by atoms with Crippen molar-refractivity contribution in [2.75, 3.05) is 12.8 Å². The summed E-state index contributed by atoms with van der Waals surface area (Å²) in [6.45, 7) is 1.74. The monoisotopic (exact) mass is 461 g/mol. The zero-order valence-corrected chi connectivity index (χ0v) is 18.7. The van der Waals surface area contributed by atoms with Gasteiger partial charge in [-0.25, -0.2) is 14.1 Å². The van der Waals surface area contributed by atoms with Crippen LogP contribution in [0, 0.1) is 5.82 Å². The number of primary amides is 1. The highest BCUT2D eigenvalue weighted by atomic mass is 19.1. The first kappa shape index (κ1) is 21.8. The minimum atomic E-state index is -0.789. The second-order valence-corrected chi connectivity index (χ2v) is 8.90. The lowest BCUT2D eigenvalue weighted by Gasteiger charge is -2.41. The molecule has 2 aromatic heterocycles. The number of ether oxygens (including phenoxy) is 1. The topological polar surface area (TPSA) is 129 Å². The van der Waals surface area contributed by atoms with E-state index >= 15 is 0 Å². The number of nitrogen functional groups attached to an aromatic ring is 1. The molecular weight excluding hydrogens is 437 g/mol. The molecule has 5 N–H and O–H groups in total. The van der Waals surface area contributed by atoms with E-state index in [-0.39, 0.29) is 17.4 Å². The molecule has 9 heteroatoms. The number of fused-ring (bicyclic) bond motifs is 1. The van der Waals surface area contributed by atoms with Gasteiger partial charge in [-0.05, 0) is 44.0 Å². The number of aromatic nitrogens is 3. The van der Waals surface area contributed by atoms with Gasteiger partial charge in [-0.2, -0.15) is 5.10 Å². The lowest BCUT2D eigenvalue weighted by atomic mass is 9.77. The van der Waals surface area contributed by atoms with Crippen molar-refractivity contribution in [2.24, 2.45) is 5.73 Å². The van der Waals surface area contributed by atoms with Gasteiger partial charge in [0, 0.05) is 22.6 Å². The van der Waals surface area contributed by atoms with Gasteiger partial charge in [-0.1, -0.05) is 18.2 Å². The van der Waals surface area contributed by atoms with Gasteiger partial charge in [-0.15, -0.1) is 0 Å². The summed E-state index contributed by atoms with van der Waals surface area (Å²) in [6, 6.07) is 13.3. The Morgan fingerprint density at radius 1 is 1.24 bits per heavy atom. The number of halogens is 1. The number of hydrogen-bond donors (Lipinski definition) is 3. The molecule has 0 aliphatic heterocycles. The van der Waals surface area contributed by atoms with Crippen LogP contribution in [0.2, 0.25) is 0 Å². The van der Waals surface area contributed by atoms with Gasteiger partial charge in [0.15, 0.2) is 0 Å². The van der Waals surface area contributed by atoms with E-state index in [1.54, 1.807) is 54.1 Å². The van der Waals surface area contributed by atoms with Gasteiger partial charge in [0.25, 0.3) is 5.91 Å². The Bertz CT molecular complexity index is 1440. The second kappa shape index (κ2) is 7.81. The molecule has 0 saturated heterocycles. The number of benzene rings is 2. The summed E-state index contributed by atoms with van der Waals surface area (Å²) in [5, 5.41) is 15.4. The summed E-state index contributed by atoms with van der Waals surface area (Å²) < 4.78 is 21.5. The molecule has 4 aromatic rings. The van der Waals surface area contributed by atoms with Crippen molar-refractivity contribution in [1.82, 2.24) is 14.8 Å². The van der Waals surface area contributed by atoms with Crippen LogP contribution in [-0.4, -0.2) is 38.5 Å². The molecule has 0 spiro atoms. The van der Waals surface area contributed by atoms with E-state index in [0.717, 1.165) is 5.39 Å². The zero-order chi connectivity index (χ0) is 24.2. The third kappa shape index (κ3) is 3.54. The highest BCUT2D eigenvalue weighted by Crippen LogP contribution is 2.43. The van der Waals surface area contributed by atoms with Gasteiger partial charge < -0.3 is 21.3 Å². The molecule has 5 rings (SSSR count). The first-order valence-corrected chi connectivity index (χ1v) is 10.8. The molecular formula is C25H24FN5O3. The third-order valence-electron chi connectivity index (χ3n) is 6.31. The molecule has 2 heterocycles. The quantitative estimate of drug-likeness (QED) is 0.416. The van der Waals surface area contributed by atoms with Crippen LogP contribution in [0.5, 0.6) is 5.75 Å². The van der Waals surface area contributed by atoms with E-state index in [4.69, 9.17) is 16.2 Å². The van der Waals surface area contributed by atoms with Crippen LogP contribution in [-0.2, 0) is 0 Å². The third-order valence-corrected chi connectivity index (χ3v) is 6.31. The van der Waals surface area contributed by atoms with Gasteiger partial charge in [0.1, 0.15) is 28.6 Å². The number of aliphatic hydroxyl groups is 1.